The lowest BCUT2D eigenvalue weighted by molar-refractivity contribution is -0.140. The number of hydrogen-bond acceptors (Lipinski definition) is 3. The lowest BCUT2D eigenvalue weighted by Crippen LogP contribution is -2.40. The zero-order valence-electron chi connectivity index (χ0n) is 15.0. The van der Waals surface area contributed by atoms with E-state index in [0.29, 0.717) is 11.8 Å². The highest BCUT2D eigenvalue weighted by molar-refractivity contribution is 9.10. The maximum atomic E-state index is 12.9. The fourth-order valence-electron chi connectivity index (χ4n) is 5.43. The van der Waals surface area contributed by atoms with E-state index in [4.69, 9.17) is 0 Å². The third-order valence-electron chi connectivity index (χ3n) is 6.78. The first-order valence-electron chi connectivity index (χ1n) is 9.55. The van der Waals surface area contributed by atoms with Crippen LogP contribution in [0.2, 0.25) is 0 Å². The maximum absolute atomic E-state index is 12.9. The van der Waals surface area contributed by atoms with E-state index in [1.54, 1.807) is 0 Å². The lowest BCUT2D eigenvalue weighted by Gasteiger charge is -2.37. The van der Waals surface area contributed by atoms with Gasteiger partial charge in [0.1, 0.15) is 0 Å². The van der Waals surface area contributed by atoms with Crippen LogP contribution in [0, 0.1) is 42.4 Å². The quantitative estimate of drug-likeness (QED) is 0.591. The topological polar surface area (TPSA) is 66.5 Å². The Morgan fingerprint density at radius 2 is 1.78 bits per heavy atom. The Morgan fingerprint density at radius 1 is 1.15 bits per heavy atom. The number of aryl methyl sites for hydroxylation is 1. The molecule has 2 saturated carbocycles. The van der Waals surface area contributed by atoms with E-state index in [1.165, 1.54) is 4.90 Å². The highest BCUT2D eigenvalue weighted by Gasteiger charge is 2.66. The Hall–Kier alpha value is -1.95. The first-order valence-corrected chi connectivity index (χ1v) is 10.3. The Bertz CT molecular complexity index is 859. The predicted octanol–water partition coefficient (Wildman–Crippen LogP) is 3.14. The van der Waals surface area contributed by atoms with Gasteiger partial charge in [0.2, 0.25) is 17.7 Å². The fraction of sp³-hybridized carbons (Fsp3) is 0.476. The minimum absolute atomic E-state index is 0.0673. The molecule has 1 aromatic carbocycles. The number of likely N-dealkylation sites (tertiary alicyclic amines) is 1. The van der Waals surface area contributed by atoms with Gasteiger partial charge in [-0.15, -0.1) is 0 Å². The first-order chi connectivity index (χ1) is 13.0. The Morgan fingerprint density at radius 3 is 2.37 bits per heavy atom. The SMILES string of the molecule is Cc1cc(Br)ccc1NC(=O)CCN1C(=O)[C@@H]2[C@H]3C=C[C@H]([C@H]4C[C@H]34)[C@@H]2C1=O. The van der Waals surface area contributed by atoms with Crippen molar-refractivity contribution < 1.29 is 14.4 Å². The Kier molecular flexibility index (Phi) is 3.83. The molecule has 0 radical (unpaired) electrons. The van der Waals surface area contributed by atoms with Crippen LogP contribution in [0.3, 0.4) is 0 Å². The van der Waals surface area contributed by atoms with Crippen molar-refractivity contribution in [1.29, 1.82) is 0 Å². The zero-order valence-corrected chi connectivity index (χ0v) is 16.6. The van der Waals surface area contributed by atoms with Crippen molar-refractivity contribution >= 4 is 39.3 Å². The van der Waals surface area contributed by atoms with Gasteiger partial charge in [-0.3, -0.25) is 19.3 Å². The second-order valence-electron chi connectivity index (χ2n) is 8.24. The van der Waals surface area contributed by atoms with Crippen LogP contribution in [0.25, 0.3) is 0 Å². The summed E-state index contributed by atoms with van der Waals surface area (Å²) < 4.78 is 0.954. The van der Waals surface area contributed by atoms with Crippen LogP contribution >= 0.6 is 15.9 Å². The van der Waals surface area contributed by atoms with Crippen LogP contribution in [0.1, 0.15) is 18.4 Å². The van der Waals surface area contributed by atoms with E-state index in [1.807, 2.05) is 25.1 Å². The van der Waals surface area contributed by atoms with Gasteiger partial charge in [-0.05, 0) is 60.8 Å². The molecule has 27 heavy (non-hydrogen) atoms. The van der Waals surface area contributed by atoms with E-state index in [-0.39, 0.29) is 54.4 Å². The number of carbonyl (C=O) groups is 3. The molecule has 5 nitrogen and oxygen atoms in total. The summed E-state index contributed by atoms with van der Waals surface area (Å²) in [5, 5.41) is 2.88. The number of hydrogen-bond donors (Lipinski definition) is 1. The van der Waals surface area contributed by atoms with Gasteiger partial charge in [0.15, 0.2) is 0 Å². The Balaban J connectivity index is 1.25. The molecule has 6 heteroatoms. The number of nitrogens with zero attached hydrogens (tertiary/aromatic N) is 1. The van der Waals surface area contributed by atoms with Crippen LogP contribution in [-0.4, -0.2) is 29.2 Å². The number of halogens is 1. The van der Waals surface area contributed by atoms with Gasteiger partial charge >= 0.3 is 0 Å². The van der Waals surface area contributed by atoms with E-state index >= 15 is 0 Å². The van der Waals surface area contributed by atoms with Gasteiger partial charge in [0.25, 0.3) is 0 Å². The van der Waals surface area contributed by atoms with Crippen molar-refractivity contribution in [3.05, 3.63) is 40.4 Å². The molecule has 5 aliphatic rings. The molecule has 1 N–H and O–H groups in total. The number of benzene rings is 1. The summed E-state index contributed by atoms with van der Waals surface area (Å²) in [6, 6.07) is 5.64. The molecule has 1 heterocycles. The minimum Gasteiger partial charge on any atom is -0.326 e. The first kappa shape index (κ1) is 17.2. The average molecular weight is 429 g/mol. The number of imide groups is 1. The number of amides is 3. The number of anilines is 1. The van der Waals surface area contributed by atoms with Gasteiger partial charge in [-0.25, -0.2) is 0 Å². The smallest absolute Gasteiger partial charge is 0.233 e. The number of nitrogens with one attached hydrogen (secondary N) is 1. The van der Waals surface area contributed by atoms with Crippen LogP contribution in [0.5, 0.6) is 0 Å². The highest BCUT2D eigenvalue weighted by Crippen LogP contribution is 2.65. The fourth-order valence-corrected chi connectivity index (χ4v) is 5.91. The number of carbonyl (C=O) groups excluding carboxylic acids is 3. The van der Waals surface area contributed by atoms with Crippen LogP contribution in [0.15, 0.2) is 34.8 Å². The molecule has 0 aromatic heterocycles. The zero-order chi connectivity index (χ0) is 18.9. The van der Waals surface area contributed by atoms with Crippen molar-refractivity contribution in [2.24, 2.45) is 35.5 Å². The lowest BCUT2D eigenvalue weighted by atomic mass is 9.63. The predicted molar refractivity (Wildman–Crippen MR) is 104 cm³/mol. The molecule has 1 aliphatic heterocycles. The van der Waals surface area contributed by atoms with Crippen molar-refractivity contribution in [2.45, 2.75) is 19.8 Å². The molecule has 6 atom stereocenters. The van der Waals surface area contributed by atoms with E-state index < -0.39 is 0 Å². The number of rotatable bonds is 4. The summed E-state index contributed by atoms with van der Waals surface area (Å²) in [7, 11) is 0. The van der Waals surface area contributed by atoms with E-state index in [2.05, 4.69) is 33.4 Å². The highest BCUT2D eigenvalue weighted by atomic mass is 79.9. The summed E-state index contributed by atoms with van der Waals surface area (Å²) in [6.07, 6.45) is 5.61. The van der Waals surface area contributed by atoms with Crippen LogP contribution < -0.4 is 5.32 Å². The molecule has 3 fully saturated rings. The van der Waals surface area contributed by atoms with Gasteiger partial charge in [-0.2, -0.15) is 0 Å². The van der Waals surface area contributed by atoms with Crippen LogP contribution in [0.4, 0.5) is 5.69 Å². The van der Waals surface area contributed by atoms with Gasteiger partial charge in [0, 0.05) is 23.1 Å². The molecular formula is C21H21BrN2O3. The summed E-state index contributed by atoms with van der Waals surface area (Å²) in [5.74, 6) is 0.963. The minimum atomic E-state index is -0.187. The third kappa shape index (κ3) is 2.60. The number of allylic oxidation sites excluding steroid dienone is 2. The maximum Gasteiger partial charge on any atom is 0.233 e. The summed E-state index contributed by atoms with van der Waals surface area (Å²) in [5.41, 5.74) is 1.71. The second kappa shape index (κ2) is 6.03. The summed E-state index contributed by atoms with van der Waals surface area (Å²) >= 11 is 3.40. The second-order valence-corrected chi connectivity index (χ2v) is 9.16. The Labute approximate surface area is 166 Å². The van der Waals surface area contributed by atoms with Crippen LogP contribution in [-0.2, 0) is 14.4 Å². The monoisotopic (exact) mass is 428 g/mol. The molecule has 3 amide bonds. The third-order valence-corrected chi connectivity index (χ3v) is 7.27. The standard InChI is InChI=1S/C21H21BrN2O3/c1-10-8-11(22)2-5-16(10)23-17(25)6-7-24-20(26)18-12-3-4-13(15-9-14(12)15)19(18)21(24)27/h2-5,8,12-15,18-19H,6-7,9H2,1H3,(H,23,25)/t12-,13+,14-,15-,18+,19-/m1/s1. The normalized spacial score (nSPS) is 35.3. The molecule has 6 rings (SSSR count). The molecular weight excluding hydrogens is 408 g/mol. The van der Waals surface area contributed by atoms with E-state index in [0.717, 1.165) is 22.1 Å². The molecule has 2 bridgehead atoms. The largest absolute Gasteiger partial charge is 0.326 e. The van der Waals surface area contributed by atoms with Crippen molar-refractivity contribution in [2.75, 3.05) is 11.9 Å². The molecule has 4 aliphatic carbocycles. The van der Waals surface area contributed by atoms with E-state index in [9.17, 15) is 14.4 Å². The molecule has 1 saturated heterocycles. The molecule has 0 unspecified atom stereocenters. The summed E-state index contributed by atoms with van der Waals surface area (Å²) in [6.45, 7) is 2.09. The average Bonchev–Trinajstić information content (AvgIpc) is 3.41. The molecule has 1 aromatic rings. The van der Waals surface area contributed by atoms with Crippen molar-refractivity contribution in [3.8, 4) is 0 Å². The van der Waals surface area contributed by atoms with Crippen molar-refractivity contribution in [1.82, 2.24) is 4.90 Å². The van der Waals surface area contributed by atoms with Crippen molar-refractivity contribution in [3.63, 3.8) is 0 Å². The molecule has 0 spiro atoms. The molecule has 140 valence electrons. The summed E-state index contributed by atoms with van der Waals surface area (Å²) in [4.78, 5) is 39.5. The van der Waals surface area contributed by atoms with Gasteiger partial charge in [0.05, 0.1) is 11.8 Å². The van der Waals surface area contributed by atoms with Gasteiger partial charge in [-0.1, -0.05) is 28.1 Å². The van der Waals surface area contributed by atoms with Gasteiger partial charge < -0.3 is 5.32 Å².